The fraction of sp³-hybridized carbons (Fsp3) is 0.269. The predicted octanol–water partition coefficient (Wildman–Crippen LogP) is 4.42. The van der Waals surface area contributed by atoms with Gasteiger partial charge >= 0.3 is 0 Å². The van der Waals surface area contributed by atoms with Crippen LogP contribution in [0.25, 0.3) is 22.2 Å². The van der Waals surface area contributed by atoms with Crippen molar-refractivity contribution in [3.63, 3.8) is 0 Å². The van der Waals surface area contributed by atoms with Crippen molar-refractivity contribution < 1.29 is 9.47 Å². The van der Waals surface area contributed by atoms with E-state index in [1.807, 2.05) is 36.5 Å². The van der Waals surface area contributed by atoms with E-state index in [4.69, 9.17) is 24.4 Å². The number of anilines is 1. The fourth-order valence-corrected chi connectivity index (χ4v) is 4.37. The number of nitrogens with zero attached hydrogens (tertiary/aromatic N) is 4. The zero-order chi connectivity index (χ0) is 21.5. The molecule has 2 fully saturated rings. The third kappa shape index (κ3) is 3.37. The van der Waals surface area contributed by atoms with Gasteiger partial charge in [-0.3, -0.25) is 9.97 Å². The van der Waals surface area contributed by atoms with E-state index in [1.54, 1.807) is 7.11 Å². The Labute approximate surface area is 186 Å². The van der Waals surface area contributed by atoms with E-state index in [9.17, 15) is 0 Å². The fourth-order valence-electron chi connectivity index (χ4n) is 4.37. The molecule has 0 unspecified atom stereocenters. The highest BCUT2D eigenvalue weighted by atomic mass is 16.5. The second-order valence-electron chi connectivity index (χ2n) is 8.46. The molecule has 6 heteroatoms. The summed E-state index contributed by atoms with van der Waals surface area (Å²) in [5, 5.41) is 1.16. The summed E-state index contributed by atoms with van der Waals surface area (Å²) in [6.45, 7) is 3.21. The molecule has 2 aliphatic rings. The van der Waals surface area contributed by atoms with Gasteiger partial charge in [0.1, 0.15) is 11.6 Å². The molecular formula is C26H24N4O2. The van der Waals surface area contributed by atoms with Crippen LogP contribution in [0.1, 0.15) is 23.2 Å². The lowest BCUT2D eigenvalue weighted by Gasteiger charge is -2.40. The topological polar surface area (TPSA) is 60.4 Å². The van der Waals surface area contributed by atoms with Crippen molar-refractivity contribution in [3.8, 4) is 17.0 Å². The highest BCUT2D eigenvalue weighted by molar-refractivity contribution is 5.80. The number of para-hydroxylation sites is 1. The second-order valence-corrected chi connectivity index (χ2v) is 8.46. The minimum Gasteiger partial charge on any atom is -0.497 e. The van der Waals surface area contributed by atoms with Gasteiger partial charge in [-0.25, -0.2) is 4.98 Å². The number of ether oxygens (including phenoxy) is 2. The molecule has 2 aliphatic heterocycles. The molecule has 0 saturated carbocycles. The molecule has 0 aliphatic carbocycles. The monoisotopic (exact) mass is 424 g/mol. The standard InChI is InChI=1S/C26H24N4O2/c1-31-21-7-4-6-18(11-21)25-26(29-23(12-27-25)20-15-32-16-20)19-13-30(14-19)24-10-9-17-5-2-3-8-22(17)28-24/h2-12,19-20H,13-16H2,1H3. The van der Waals surface area contributed by atoms with Crippen LogP contribution in [0.3, 0.4) is 0 Å². The quantitative estimate of drug-likeness (QED) is 0.473. The summed E-state index contributed by atoms with van der Waals surface area (Å²) >= 11 is 0. The molecule has 0 atom stereocenters. The predicted molar refractivity (Wildman–Crippen MR) is 124 cm³/mol. The first-order chi connectivity index (χ1) is 15.8. The Hall–Kier alpha value is -3.51. The molecule has 32 heavy (non-hydrogen) atoms. The Morgan fingerprint density at radius 2 is 1.81 bits per heavy atom. The van der Waals surface area contributed by atoms with Crippen LogP contribution in [0.5, 0.6) is 5.75 Å². The first-order valence-electron chi connectivity index (χ1n) is 11.0. The maximum Gasteiger partial charge on any atom is 0.129 e. The van der Waals surface area contributed by atoms with Crippen LogP contribution in [0.4, 0.5) is 5.82 Å². The molecule has 160 valence electrons. The molecule has 4 heterocycles. The van der Waals surface area contributed by atoms with E-state index >= 15 is 0 Å². The van der Waals surface area contributed by atoms with Crippen LogP contribution in [-0.4, -0.2) is 48.4 Å². The SMILES string of the molecule is COc1cccc(-c2ncc(C3COC3)nc2C2CN(c3ccc4ccccc4n3)C2)c1. The lowest BCUT2D eigenvalue weighted by Crippen LogP contribution is -2.46. The normalized spacial score (nSPS) is 16.6. The number of rotatable bonds is 5. The van der Waals surface area contributed by atoms with E-state index in [2.05, 4.69) is 35.2 Å². The van der Waals surface area contributed by atoms with E-state index in [0.717, 1.165) is 71.4 Å². The van der Waals surface area contributed by atoms with Gasteiger partial charge in [-0.05, 0) is 30.3 Å². The highest BCUT2D eigenvalue weighted by Crippen LogP contribution is 2.37. The number of benzene rings is 2. The number of hydrogen-bond acceptors (Lipinski definition) is 6. The van der Waals surface area contributed by atoms with Gasteiger partial charge in [0.25, 0.3) is 0 Å². The summed E-state index contributed by atoms with van der Waals surface area (Å²) in [4.78, 5) is 17.1. The van der Waals surface area contributed by atoms with Crippen molar-refractivity contribution >= 4 is 16.7 Å². The van der Waals surface area contributed by atoms with Gasteiger partial charge in [0.2, 0.25) is 0 Å². The minimum atomic E-state index is 0.304. The Morgan fingerprint density at radius 1 is 0.938 bits per heavy atom. The van der Waals surface area contributed by atoms with E-state index in [-0.39, 0.29) is 0 Å². The summed E-state index contributed by atoms with van der Waals surface area (Å²) in [6.07, 6.45) is 1.91. The lowest BCUT2D eigenvalue weighted by molar-refractivity contribution is 0.00646. The second kappa shape index (κ2) is 7.88. The smallest absolute Gasteiger partial charge is 0.129 e. The zero-order valence-corrected chi connectivity index (χ0v) is 17.9. The van der Waals surface area contributed by atoms with E-state index in [1.165, 1.54) is 0 Å². The van der Waals surface area contributed by atoms with E-state index in [0.29, 0.717) is 11.8 Å². The number of pyridine rings is 1. The number of aromatic nitrogens is 3. The highest BCUT2D eigenvalue weighted by Gasteiger charge is 2.34. The molecule has 2 saturated heterocycles. The van der Waals surface area contributed by atoms with Gasteiger partial charge in [-0.15, -0.1) is 0 Å². The van der Waals surface area contributed by atoms with Crippen molar-refractivity contribution in [1.82, 2.24) is 15.0 Å². The molecule has 0 N–H and O–H groups in total. The van der Waals surface area contributed by atoms with Gasteiger partial charge in [0, 0.05) is 42.1 Å². The molecule has 0 spiro atoms. The van der Waals surface area contributed by atoms with Crippen LogP contribution in [0.15, 0.2) is 66.9 Å². The van der Waals surface area contributed by atoms with Crippen LogP contribution in [0.2, 0.25) is 0 Å². The summed E-state index contributed by atoms with van der Waals surface area (Å²) in [6, 6.07) is 20.5. The lowest BCUT2D eigenvalue weighted by atomic mass is 9.91. The number of hydrogen-bond donors (Lipinski definition) is 0. The molecule has 2 aromatic heterocycles. The summed E-state index contributed by atoms with van der Waals surface area (Å²) in [5.74, 6) is 2.48. The summed E-state index contributed by atoms with van der Waals surface area (Å²) < 4.78 is 10.8. The van der Waals surface area contributed by atoms with Gasteiger partial charge in [0.05, 0.1) is 42.9 Å². The first-order valence-corrected chi connectivity index (χ1v) is 11.0. The Morgan fingerprint density at radius 3 is 2.62 bits per heavy atom. The Balaban J connectivity index is 1.31. The van der Waals surface area contributed by atoms with Crippen LogP contribution in [0, 0.1) is 0 Å². The van der Waals surface area contributed by atoms with Gasteiger partial charge < -0.3 is 14.4 Å². The molecule has 0 amide bonds. The Kier molecular flexibility index (Phi) is 4.72. The largest absolute Gasteiger partial charge is 0.497 e. The number of fused-ring (bicyclic) bond motifs is 1. The van der Waals surface area contributed by atoms with Gasteiger partial charge in [0.15, 0.2) is 0 Å². The maximum atomic E-state index is 5.43. The number of methoxy groups -OCH3 is 1. The minimum absolute atomic E-state index is 0.304. The zero-order valence-electron chi connectivity index (χ0n) is 17.9. The van der Waals surface area contributed by atoms with Crippen molar-refractivity contribution in [2.45, 2.75) is 11.8 Å². The van der Waals surface area contributed by atoms with Crippen LogP contribution >= 0.6 is 0 Å². The third-order valence-corrected chi connectivity index (χ3v) is 6.39. The molecule has 6 rings (SSSR count). The molecular weight excluding hydrogens is 400 g/mol. The van der Waals surface area contributed by atoms with Crippen molar-refractivity contribution in [2.24, 2.45) is 0 Å². The van der Waals surface area contributed by atoms with Gasteiger partial charge in [-0.1, -0.05) is 30.3 Å². The maximum absolute atomic E-state index is 5.43. The molecule has 6 nitrogen and oxygen atoms in total. The molecule has 2 aromatic carbocycles. The van der Waals surface area contributed by atoms with Crippen LogP contribution < -0.4 is 9.64 Å². The average Bonchev–Trinajstić information content (AvgIpc) is 2.77. The molecule has 0 radical (unpaired) electrons. The average molecular weight is 425 g/mol. The molecule has 4 aromatic rings. The van der Waals surface area contributed by atoms with Gasteiger partial charge in [-0.2, -0.15) is 0 Å². The molecule has 0 bridgehead atoms. The summed E-state index contributed by atoms with van der Waals surface area (Å²) in [5.41, 5.74) is 5.08. The third-order valence-electron chi connectivity index (χ3n) is 6.39. The van der Waals surface area contributed by atoms with E-state index < -0.39 is 0 Å². The Bertz CT molecular complexity index is 1280. The van der Waals surface area contributed by atoms with Crippen molar-refractivity contribution in [1.29, 1.82) is 0 Å². The summed E-state index contributed by atoms with van der Waals surface area (Å²) in [7, 11) is 1.69. The van der Waals surface area contributed by atoms with Crippen LogP contribution in [-0.2, 0) is 4.74 Å². The van der Waals surface area contributed by atoms with Crippen molar-refractivity contribution in [3.05, 3.63) is 78.2 Å². The van der Waals surface area contributed by atoms with Crippen molar-refractivity contribution in [2.75, 3.05) is 38.3 Å². The first kappa shape index (κ1) is 19.2.